The van der Waals surface area contributed by atoms with Gasteiger partial charge in [0.05, 0.1) is 22.7 Å². The van der Waals surface area contributed by atoms with Crippen molar-refractivity contribution in [1.29, 1.82) is 0 Å². The topological polar surface area (TPSA) is 42.1 Å². The highest BCUT2D eigenvalue weighted by Gasteiger charge is 2.16. The predicted octanol–water partition coefficient (Wildman–Crippen LogP) is 4.78. The number of H-pyrrole nitrogens is 1. The number of rotatable bonds is 4. The van der Waals surface area contributed by atoms with E-state index >= 15 is 0 Å². The van der Waals surface area contributed by atoms with Gasteiger partial charge in [-0.25, -0.2) is 4.39 Å². The second kappa shape index (κ2) is 6.42. The largest absolute Gasteiger partial charge is 0.491 e. The molecule has 0 saturated heterocycles. The van der Waals surface area contributed by atoms with E-state index in [4.69, 9.17) is 16.3 Å². The normalized spacial score (nSPS) is 10.9. The fourth-order valence-corrected chi connectivity index (χ4v) is 2.76. The summed E-state index contributed by atoms with van der Waals surface area (Å²) in [7, 11) is 0. The first-order valence-electron chi connectivity index (χ1n) is 7.35. The first-order valence-corrected chi connectivity index (χ1v) is 7.73. The fraction of sp³-hybridized carbons (Fsp3) is 0.167. The summed E-state index contributed by atoms with van der Waals surface area (Å²) in [5.74, 6) is 0.0772. The van der Waals surface area contributed by atoms with E-state index in [1.165, 1.54) is 18.3 Å². The number of aromatic nitrogens is 1. The van der Waals surface area contributed by atoms with Gasteiger partial charge in [0.15, 0.2) is 5.43 Å². The lowest BCUT2D eigenvalue weighted by molar-refractivity contribution is 0.320. The van der Waals surface area contributed by atoms with Crippen LogP contribution in [0, 0.1) is 5.82 Å². The van der Waals surface area contributed by atoms with Gasteiger partial charge in [-0.15, -0.1) is 0 Å². The number of aromatic amines is 1. The lowest BCUT2D eigenvalue weighted by Crippen LogP contribution is -2.09. The van der Waals surface area contributed by atoms with Crippen LogP contribution >= 0.6 is 11.6 Å². The fourth-order valence-electron chi connectivity index (χ4n) is 2.50. The Kier molecular flexibility index (Phi) is 4.35. The molecular formula is C18H15ClFNO2. The second-order valence-corrected chi connectivity index (χ2v) is 5.56. The third-order valence-corrected chi connectivity index (χ3v) is 3.89. The molecule has 0 aliphatic rings. The highest BCUT2D eigenvalue weighted by Crippen LogP contribution is 2.30. The Morgan fingerprint density at radius 3 is 2.74 bits per heavy atom. The Hall–Kier alpha value is -2.33. The summed E-state index contributed by atoms with van der Waals surface area (Å²) in [4.78, 5) is 15.8. The minimum atomic E-state index is -0.527. The smallest absolute Gasteiger partial charge is 0.197 e. The number of ether oxygens (including phenoxy) is 1. The maximum absolute atomic E-state index is 14.1. The minimum Gasteiger partial charge on any atom is -0.491 e. The Morgan fingerprint density at radius 2 is 2.00 bits per heavy atom. The molecule has 23 heavy (non-hydrogen) atoms. The SMILES string of the molecule is CCCOc1cccc2c(=O)c(-c3c(F)cccc3Cl)c[nH]c12. The quantitative estimate of drug-likeness (QED) is 0.747. The molecule has 5 heteroatoms. The predicted molar refractivity (Wildman–Crippen MR) is 90.8 cm³/mol. The molecule has 118 valence electrons. The van der Waals surface area contributed by atoms with Crippen molar-refractivity contribution < 1.29 is 9.13 Å². The zero-order valence-electron chi connectivity index (χ0n) is 12.5. The zero-order chi connectivity index (χ0) is 16.4. The summed E-state index contributed by atoms with van der Waals surface area (Å²) in [6, 6.07) is 9.58. The minimum absolute atomic E-state index is 0.109. The maximum atomic E-state index is 14.1. The Morgan fingerprint density at radius 1 is 1.22 bits per heavy atom. The molecular weight excluding hydrogens is 317 g/mol. The summed E-state index contributed by atoms with van der Waals surface area (Å²) in [6.45, 7) is 2.56. The van der Waals surface area contributed by atoms with Gasteiger partial charge in [-0.2, -0.15) is 0 Å². The number of hydrogen-bond donors (Lipinski definition) is 1. The Balaban J connectivity index is 2.23. The van der Waals surface area contributed by atoms with Crippen LogP contribution in [0.3, 0.4) is 0 Å². The number of pyridine rings is 1. The molecule has 0 aliphatic carbocycles. The van der Waals surface area contributed by atoms with Crippen molar-refractivity contribution in [2.75, 3.05) is 6.61 Å². The standard InChI is InChI=1S/C18H15ClFNO2/c1-2-9-23-15-8-3-5-11-17(15)21-10-12(18(11)22)16-13(19)6-4-7-14(16)20/h3-8,10H,2,9H2,1H3,(H,21,22). The van der Waals surface area contributed by atoms with Crippen molar-refractivity contribution in [3.8, 4) is 16.9 Å². The molecule has 3 nitrogen and oxygen atoms in total. The first-order chi connectivity index (χ1) is 11.1. The molecule has 1 heterocycles. The van der Waals surface area contributed by atoms with Crippen LogP contribution in [0.1, 0.15) is 13.3 Å². The highest BCUT2D eigenvalue weighted by molar-refractivity contribution is 6.33. The number of hydrogen-bond acceptors (Lipinski definition) is 2. The van der Waals surface area contributed by atoms with E-state index in [1.807, 2.05) is 6.92 Å². The number of fused-ring (bicyclic) bond motifs is 1. The lowest BCUT2D eigenvalue weighted by atomic mass is 10.0. The lowest BCUT2D eigenvalue weighted by Gasteiger charge is -2.10. The van der Waals surface area contributed by atoms with Gasteiger partial charge in [0.1, 0.15) is 11.6 Å². The van der Waals surface area contributed by atoms with Crippen molar-refractivity contribution in [1.82, 2.24) is 4.98 Å². The van der Waals surface area contributed by atoms with E-state index in [9.17, 15) is 9.18 Å². The average Bonchev–Trinajstić information content (AvgIpc) is 2.55. The summed E-state index contributed by atoms with van der Waals surface area (Å²) in [5, 5.41) is 0.642. The molecule has 1 aromatic heterocycles. The van der Waals surface area contributed by atoms with Crippen LogP contribution in [-0.4, -0.2) is 11.6 Å². The zero-order valence-corrected chi connectivity index (χ0v) is 13.3. The van der Waals surface area contributed by atoms with Gasteiger partial charge in [-0.05, 0) is 30.7 Å². The van der Waals surface area contributed by atoms with E-state index in [2.05, 4.69) is 4.98 Å². The molecule has 0 atom stereocenters. The molecule has 1 N–H and O–H groups in total. The Bertz CT molecular complexity index is 900. The van der Waals surface area contributed by atoms with Crippen LogP contribution in [0.5, 0.6) is 5.75 Å². The van der Waals surface area contributed by atoms with Crippen LogP contribution in [0.4, 0.5) is 4.39 Å². The van der Waals surface area contributed by atoms with Crippen LogP contribution in [0.2, 0.25) is 5.02 Å². The van der Waals surface area contributed by atoms with Crippen molar-refractivity contribution in [2.45, 2.75) is 13.3 Å². The summed E-state index contributed by atoms with van der Waals surface area (Å²) in [6.07, 6.45) is 2.34. The van der Waals surface area contributed by atoms with Crippen LogP contribution in [0.15, 0.2) is 47.4 Å². The molecule has 0 amide bonds. The van der Waals surface area contributed by atoms with Crippen LogP contribution in [-0.2, 0) is 0 Å². The van der Waals surface area contributed by atoms with Crippen LogP contribution in [0.25, 0.3) is 22.0 Å². The molecule has 0 spiro atoms. The average molecular weight is 332 g/mol. The number of halogens is 2. The van der Waals surface area contributed by atoms with Gasteiger partial charge in [0, 0.05) is 17.1 Å². The molecule has 3 rings (SSSR count). The van der Waals surface area contributed by atoms with Gasteiger partial charge < -0.3 is 9.72 Å². The van der Waals surface area contributed by atoms with E-state index in [-0.39, 0.29) is 21.6 Å². The maximum Gasteiger partial charge on any atom is 0.197 e. The Labute approximate surface area is 137 Å². The molecule has 0 aliphatic heterocycles. The van der Waals surface area contributed by atoms with Crippen molar-refractivity contribution >= 4 is 22.5 Å². The van der Waals surface area contributed by atoms with Crippen molar-refractivity contribution in [3.05, 3.63) is 63.7 Å². The molecule has 0 fully saturated rings. The van der Waals surface area contributed by atoms with Gasteiger partial charge >= 0.3 is 0 Å². The molecule has 0 bridgehead atoms. The van der Waals surface area contributed by atoms with Crippen LogP contribution < -0.4 is 10.2 Å². The molecule has 0 radical (unpaired) electrons. The monoisotopic (exact) mass is 331 g/mol. The number of nitrogens with one attached hydrogen (secondary N) is 1. The van der Waals surface area contributed by atoms with Crippen molar-refractivity contribution in [3.63, 3.8) is 0 Å². The number of benzene rings is 2. The number of para-hydroxylation sites is 1. The summed E-state index contributed by atoms with van der Waals surface area (Å²) >= 11 is 6.07. The molecule has 2 aromatic carbocycles. The molecule has 3 aromatic rings. The van der Waals surface area contributed by atoms with Gasteiger partial charge in [-0.3, -0.25) is 4.79 Å². The first kappa shape index (κ1) is 15.6. The third-order valence-electron chi connectivity index (χ3n) is 3.57. The van der Waals surface area contributed by atoms with Gasteiger partial charge in [0.25, 0.3) is 0 Å². The third kappa shape index (κ3) is 2.82. The molecule has 0 saturated carbocycles. The summed E-state index contributed by atoms with van der Waals surface area (Å²) in [5.41, 5.74) is 0.625. The second-order valence-electron chi connectivity index (χ2n) is 5.16. The van der Waals surface area contributed by atoms with Gasteiger partial charge in [0.2, 0.25) is 0 Å². The van der Waals surface area contributed by atoms with Crippen molar-refractivity contribution in [2.24, 2.45) is 0 Å². The van der Waals surface area contributed by atoms with E-state index in [0.29, 0.717) is 23.3 Å². The summed E-state index contributed by atoms with van der Waals surface area (Å²) < 4.78 is 19.7. The van der Waals surface area contributed by atoms with E-state index in [1.54, 1.807) is 24.3 Å². The molecule has 0 unspecified atom stereocenters. The highest BCUT2D eigenvalue weighted by atomic mass is 35.5. The van der Waals surface area contributed by atoms with E-state index in [0.717, 1.165) is 6.42 Å². The van der Waals surface area contributed by atoms with Gasteiger partial charge in [-0.1, -0.05) is 30.7 Å². The van der Waals surface area contributed by atoms with E-state index < -0.39 is 5.82 Å².